The molecule has 1 heterocycles. The van der Waals surface area contributed by atoms with Crippen molar-refractivity contribution in [2.75, 3.05) is 26.7 Å². The maximum Gasteiger partial charge on any atom is 0.329 e. The number of carbonyl (C=O) groups excluding carboxylic acids is 3. The number of benzene rings is 1. The fourth-order valence-corrected chi connectivity index (χ4v) is 2.22. The molecule has 3 amide bonds. The zero-order valence-corrected chi connectivity index (χ0v) is 13.4. The molecule has 8 nitrogen and oxygen atoms in total. The highest BCUT2D eigenvalue weighted by atomic mass is 16.5. The summed E-state index contributed by atoms with van der Waals surface area (Å²) in [6, 6.07) is 6.92. The molecule has 24 heavy (non-hydrogen) atoms. The second-order valence-electron chi connectivity index (χ2n) is 5.23. The number of hydrogen-bond donors (Lipinski definition) is 2. The number of hydrogen-bond acceptors (Lipinski definition) is 5. The molecule has 0 unspecified atom stereocenters. The van der Waals surface area contributed by atoms with E-state index in [1.165, 1.54) is 13.3 Å². The smallest absolute Gasteiger partial charge is 0.329 e. The molecule has 0 saturated carbocycles. The van der Waals surface area contributed by atoms with Crippen LogP contribution in [0.15, 0.2) is 29.4 Å². The van der Waals surface area contributed by atoms with Gasteiger partial charge in [0.1, 0.15) is 5.75 Å². The van der Waals surface area contributed by atoms with E-state index in [0.29, 0.717) is 11.3 Å². The van der Waals surface area contributed by atoms with E-state index in [0.717, 1.165) is 25.9 Å². The van der Waals surface area contributed by atoms with Gasteiger partial charge in [0.05, 0.1) is 6.21 Å². The number of ether oxygens (including phenoxy) is 1. The van der Waals surface area contributed by atoms with Crippen LogP contribution < -0.4 is 15.5 Å². The van der Waals surface area contributed by atoms with Gasteiger partial charge in [0.25, 0.3) is 5.91 Å². The zero-order chi connectivity index (χ0) is 17.4. The predicted octanol–water partition coefficient (Wildman–Crippen LogP) is -0.116. The Labute approximate surface area is 139 Å². The highest BCUT2D eigenvalue weighted by molar-refractivity contribution is 6.34. The van der Waals surface area contributed by atoms with Crippen molar-refractivity contribution >= 4 is 23.9 Å². The maximum absolute atomic E-state index is 11.9. The number of nitrogens with zero attached hydrogens (tertiary/aromatic N) is 2. The van der Waals surface area contributed by atoms with Crippen molar-refractivity contribution in [3.05, 3.63) is 29.8 Å². The van der Waals surface area contributed by atoms with Gasteiger partial charge in [-0.15, -0.1) is 0 Å². The number of likely N-dealkylation sites (N-methyl/N-ethyl adjacent to an activating group) is 1. The molecule has 128 valence electrons. The average Bonchev–Trinajstić information content (AvgIpc) is 3.14. The van der Waals surface area contributed by atoms with Gasteiger partial charge in [-0.05, 0) is 30.5 Å². The Morgan fingerprint density at radius 2 is 2.00 bits per heavy atom. The third-order valence-corrected chi connectivity index (χ3v) is 3.49. The summed E-state index contributed by atoms with van der Waals surface area (Å²) >= 11 is 0. The Kier molecular flexibility index (Phi) is 6.30. The highest BCUT2D eigenvalue weighted by Gasteiger charge is 2.18. The molecular formula is C16H20N4O4. The molecule has 2 N–H and O–H groups in total. The largest absolute Gasteiger partial charge is 0.484 e. The van der Waals surface area contributed by atoms with E-state index >= 15 is 0 Å². The van der Waals surface area contributed by atoms with Crippen molar-refractivity contribution in [1.29, 1.82) is 0 Å². The standard InChI is InChI=1S/C16H20N4O4/c1-17-15(22)16(23)19-18-10-12-5-4-6-13(9-12)24-11-14(21)20-7-2-3-8-20/h4-6,9-10H,2-3,7-8,11H2,1H3,(H,17,22)(H,19,23)/b18-10-. The summed E-state index contributed by atoms with van der Waals surface area (Å²) in [6.45, 7) is 1.58. The summed E-state index contributed by atoms with van der Waals surface area (Å²) in [5.74, 6) is -1.12. The molecule has 1 fully saturated rings. The highest BCUT2D eigenvalue weighted by Crippen LogP contribution is 2.13. The third kappa shape index (κ3) is 5.08. The van der Waals surface area contributed by atoms with Crippen molar-refractivity contribution in [2.45, 2.75) is 12.8 Å². The number of rotatable bonds is 5. The van der Waals surface area contributed by atoms with Crippen LogP contribution in [0.25, 0.3) is 0 Å². The van der Waals surface area contributed by atoms with Crippen molar-refractivity contribution in [2.24, 2.45) is 5.10 Å². The first-order valence-corrected chi connectivity index (χ1v) is 7.66. The van der Waals surface area contributed by atoms with Crippen LogP contribution in [0.3, 0.4) is 0 Å². The monoisotopic (exact) mass is 332 g/mol. The lowest BCUT2D eigenvalue weighted by molar-refractivity contribution is -0.138. The van der Waals surface area contributed by atoms with Gasteiger partial charge in [-0.2, -0.15) is 5.10 Å². The van der Waals surface area contributed by atoms with Crippen LogP contribution >= 0.6 is 0 Å². The van der Waals surface area contributed by atoms with Gasteiger partial charge in [0, 0.05) is 20.1 Å². The minimum atomic E-state index is -0.850. The summed E-state index contributed by atoms with van der Waals surface area (Å²) in [6.07, 6.45) is 3.47. The van der Waals surface area contributed by atoms with Gasteiger partial charge in [-0.1, -0.05) is 12.1 Å². The first-order chi connectivity index (χ1) is 11.6. The molecular weight excluding hydrogens is 312 g/mol. The zero-order valence-electron chi connectivity index (χ0n) is 13.4. The van der Waals surface area contributed by atoms with E-state index in [1.54, 1.807) is 29.2 Å². The molecule has 1 aromatic carbocycles. The molecule has 1 aliphatic heterocycles. The summed E-state index contributed by atoms with van der Waals surface area (Å²) in [4.78, 5) is 36.0. The van der Waals surface area contributed by atoms with E-state index in [2.05, 4.69) is 15.8 Å². The molecule has 0 atom stereocenters. The van der Waals surface area contributed by atoms with Crippen LogP contribution in [0.5, 0.6) is 5.75 Å². The van der Waals surface area contributed by atoms with Crippen LogP contribution in [0.1, 0.15) is 18.4 Å². The van der Waals surface area contributed by atoms with Crippen molar-refractivity contribution in [3.63, 3.8) is 0 Å². The Bertz CT molecular complexity index is 639. The van der Waals surface area contributed by atoms with Crippen LogP contribution in [0.2, 0.25) is 0 Å². The van der Waals surface area contributed by atoms with E-state index in [1.807, 2.05) is 0 Å². The summed E-state index contributed by atoms with van der Waals surface area (Å²) in [5.41, 5.74) is 2.77. The molecule has 2 rings (SSSR count). The maximum atomic E-state index is 11.9. The normalized spacial score (nSPS) is 13.8. The number of hydrazone groups is 1. The average molecular weight is 332 g/mol. The van der Waals surface area contributed by atoms with Gasteiger partial charge < -0.3 is 15.0 Å². The number of amides is 3. The quantitative estimate of drug-likeness (QED) is 0.446. The van der Waals surface area contributed by atoms with Crippen LogP contribution in [0, 0.1) is 0 Å². The van der Waals surface area contributed by atoms with E-state index in [4.69, 9.17) is 4.74 Å². The van der Waals surface area contributed by atoms with Crippen molar-refractivity contribution < 1.29 is 19.1 Å². The molecule has 0 aliphatic carbocycles. The molecule has 0 aromatic heterocycles. The summed E-state index contributed by atoms with van der Waals surface area (Å²) in [7, 11) is 1.36. The molecule has 8 heteroatoms. The number of nitrogens with one attached hydrogen (secondary N) is 2. The SMILES string of the molecule is CNC(=O)C(=O)N/N=C\c1cccc(OCC(=O)N2CCCC2)c1. The summed E-state index contributed by atoms with van der Waals surface area (Å²) in [5, 5.41) is 5.89. The minimum absolute atomic E-state index is 0.00595. The van der Waals surface area contributed by atoms with Gasteiger partial charge in [-0.3, -0.25) is 14.4 Å². The van der Waals surface area contributed by atoms with E-state index in [-0.39, 0.29) is 12.5 Å². The first kappa shape index (κ1) is 17.5. The molecule has 0 radical (unpaired) electrons. The Morgan fingerprint density at radius 1 is 1.25 bits per heavy atom. The molecule has 1 saturated heterocycles. The van der Waals surface area contributed by atoms with Crippen LogP contribution in [0.4, 0.5) is 0 Å². The van der Waals surface area contributed by atoms with Crippen LogP contribution in [-0.4, -0.2) is 55.6 Å². The second-order valence-corrected chi connectivity index (χ2v) is 5.23. The Balaban J connectivity index is 1.85. The van der Waals surface area contributed by atoms with Crippen molar-refractivity contribution in [3.8, 4) is 5.75 Å². The lowest BCUT2D eigenvalue weighted by Gasteiger charge is -2.15. The number of carbonyl (C=O) groups is 3. The molecule has 0 bridgehead atoms. The fourth-order valence-electron chi connectivity index (χ4n) is 2.22. The minimum Gasteiger partial charge on any atom is -0.484 e. The van der Waals surface area contributed by atoms with E-state index < -0.39 is 11.8 Å². The first-order valence-electron chi connectivity index (χ1n) is 7.66. The molecule has 1 aromatic rings. The molecule has 1 aliphatic rings. The van der Waals surface area contributed by atoms with Crippen molar-refractivity contribution in [1.82, 2.24) is 15.6 Å². The fraction of sp³-hybridized carbons (Fsp3) is 0.375. The van der Waals surface area contributed by atoms with Gasteiger partial charge in [0.15, 0.2) is 6.61 Å². The lowest BCUT2D eigenvalue weighted by atomic mass is 10.2. The Hall–Kier alpha value is -2.90. The van der Waals surface area contributed by atoms with Gasteiger partial charge >= 0.3 is 11.8 Å². The van der Waals surface area contributed by atoms with Gasteiger partial charge in [0.2, 0.25) is 0 Å². The lowest BCUT2D eigenvalue weighted by Crippen LogP contribution is -2.35. The number of likely N-dealkylation sites (tertiary alicyclic amines) is 1. The van der Waals surface area contributed by atoms with Crippen LogP contribution in [-0.2, 0) is 14.4 Å². The predicted molar refractivity (Wildman–Crippen MR) is 87.6 cm³/mol. The Morgan fingerprint density at radius 3 is 2.71 bits per heavy atom. The summed E-state index contributed by atoms with van der Waals surface area (Å²) < 4.78 is 5.50. The third-order valence-electron chi connectivity index (χ3n) is 3.49. The second kappa shape index (κ2) is 8.66. The van der Waals surface area contributed by atoms with Gasteiger partial charge in [-0.25, -0.2) is 5.43 Å². The molecule has 0 spiro atoms. The topological polar surface area (TPSA) is 100 Å². The van der Waals surface area contributed by atoms with E-state index in [9.17, 15) is 14.4 Å².